The van der Waals surface area contributed by atoms with Gasteiger partial charge in [-0.2, -0.15) is 4.39 Å². The number of fused-ring (bicyclic) bond motifs is 3. The summed E-state index contributed by atoms with van der Waals surface area (Å²) < 4.78 is 19.6. The monoisotopic (exact) mass is 353 g/mol. The molecule has 0 aliphatic heterocycles. The fourth-order valence-corrected chi connectivity index (χ4v) is 4.21. The van der Waals surface area contributed by atoms with Crippen molar-refractivity contribution in [1.29, 1.82) is 0 Å². The molecule has 0 unspecified atom stereocenters. The zero-order valence-electron chi connectivity index (χ0n) is 14.6. The van der Waals surface area contributed by atoms with Gasteiger partial charge < -0.3 is 4.74 Å². The van der Waals surface area contributed by atoms with Crippen molar-refractivity contribution in [2.24, 2.45) is 0 Å². The molecule has 4 rings (SSSR count). The van der Waals surface area contributed by atoms with E-state index in [0.29, 0.717) is 12.8 Å². The third-order valence-corrected chi connectivity index (χ3v) is 5.71. The molecule has 2 aromatic carbocycles. The molecule has 0 saturated heterocycles. The van der Waals surface area contributed by atoms with Crippen LogP contribution in [0, 0.1) is 0 Å². The van der Waals surface area contributed by atoms with Gasteiger partial charge >= 0.3 is 12.1 Å². The first-order valence-corrected chi connectivity index (χ1v) is 8.87. The molecule has 5 heteroatoms. The lowest BCUT2D eigenvalue weighted by atomic mass is 9.97. The highest BCUT2D eigenvalue weighted by Crippen LogP contribution is 2.46. The first-order valence-electron chi connectivity index (χ1n) is 8.87. The SMILES string of the molecule is CN(C(=O)OC1c2ccccc2-c2ccccc21)C1(C(=O)F)CCCC1. The van der Waals surface area contributed by atoms with Gasteiger partial charge in [-0.3, -0.25) is 9.69 Å². The lowest BCUT2D eigenvalue weighted by molar-refractivity contribution is -0.141. The molecule has 2 aromatic rings. The Bertz CT molecular complexity index is 828. The molecule has 0 bridgehead atoms. The zero-order valence-corrected chi connectivity index (χ0v) is 14.6. The minimum atomic E-state index is -1.46. The topological polar surface area (TPSA) is 46.6 Å². The average molecular weight is 353 g/mol. The number of rotatable bonds is 3. The summed E-state index contributed by atoms with van der Waals surface area (Å²) in [6.45, 7) is 0. The number of halogens is 1. The van der Waals surface area contributed by atoms with Crippen LogP contribution in [-0.4, -0.2) is 29.6 Å². The quantitative estimate of drug-likeness (QED) is 0.756. The maximum Gasteiger partial charge on any atom is 0.411 e. The van der Waals surface area contributed by atoms with Crippen LogP contribution in [0.1, 0.15) is 42.9 Å². The minimum absolute atomic E-state index is 0.339. The van der Waals surface area contributed by atoms with E-state index in [1.807, 2.05) is 48.5 Å². The third-order valence-electron chi connectivity index (χ3n) is 5.71. The van der Waals surface area contributed by atoms with Crippen LogP contribution in [0.3, 0.4) is 0 Å². The molecule has 4 nitrogen and oxygen atoms in total. The standard InChI is InChI=1S/C21H20FNO3/c1-23(21(19(22)24)12-6-7-13-21)20(25)26-18-16-10-4-2-8-14(16)15-9-3-5-11-17(15)18/h2-5,8-11,18H,6-7,12-13H2,1H3. The number of hydrogen-bond donors (Lipinski definition) is 0. The Morgan fingerprint density at radius 2 is 1.50 bits per heavy atom. The highest BCUT2D eigenvalue weighted by atomic mass is 19.1. The van der Waals surface area contributed by atoms with Crippen molar-refractivity contribution in [3.05, 3.63) is 59.7 Å². The highest BCUT2D eigenvalue weighted by molar-refractivity contribution is 5.86. The molecule has 1 saturated carbocycles. The lowest BCUT2D eigenvalue weighted by Crippen LogP contribution is -2.52. The number of ether oxygens (including phenoxy) is 1. The number of carbonyl (C=O) groups is 2. The van der Waals surface area contributed by atoms with Gasteiger partial charge in [0.1, 0.15) is 5.54 Å². The Kier molecular flexibility index (Phi) is 4.02. The maximum absolute atomic E-state index is 13.8. The number of nitrogens with zero attached hydrogens (tertiary/aromatic N) is 1. The van der Waals surface area contributed by atoms with Gasteiger partial charge in [-0.1, -0.05) is 61.4 Å². The van der Waals surface area contributed by atoms with Gasteiger partial charge in [-0.15, -0.1) is 0 Å². The Labute approximate surface area is 151 Å². The first kappa shape index (κ1) is 16.8. The predicted octanol–water partition coefficient (Wildman–Crippen LogP) is 4.63. The molecule has 0 aromatic heterocycles. The van der Waals surface area contributed by atoms with E-state index in [4.69, 9.17) is 4.74 Å². The summed E-state index contributed by atoms with van der Waals surface area (Å²) in [5.41, 5.74) is 2.49. The maximum atomic E-state index is 13.8. The summed E-state index contributed by atoms with van der Waals surface area (Å²) >= 11 is 0. The lowest BCUT2D eigenvalue weighted by Gasteiger charge is -2.34. The van der Waals surface area contributed by atoms with Crippen LogP contribution in [0.15, 0.2) is 48.5 Å². The van der Waals surface area contributed by atoms with Crippen LogP contribution < -0.4 is 0 Å². The fourth-order valence-electron chi connectivity index (χ4n) is 4.21. The van der Waals surface area contributed by atoms with Gasteiger partial charge in [-0.05, 0) is 24.0 Å². The van der Waals surface area contributed by atoms with Crippen LogP contribution in [-0.2, 0) is 9.53 Å². The Morgan fingerprint density at radius 1 is 1.00 bits per heavy atom. The molecule has 0 atom stereocenters. The van der Waals surface area contributed by atoms with E-state index in [9.17, 15) is 14.0 Å². The van der Waals surface area contributed by atoms with E-state index in [-0.39, 0.29) is 0 Å². The summed E-state index contributed by atoms with van der Waals surface area (Å²) in [5, 5.41) is 0. The average Bonchev–Trinajstić information content (AvgIpc) is 3.27. The molecule has 26 heavy (non-hydrogen) atoms. The Hall–Kier alpha value is -2.69. The molecular weight excluding hydrogens is 333 g/mol. The van der Waals surface area contributed by atoms with Gasteiger partial charge in [-0.25, -0.2) is 4.79 Å². The predicted molar refractivity (Wildman–Crippen MR) is 95.3 cm³/mol. The smallest absolute Gasteiger partial charge is 0.411 e. The third kappa shape index (κ3) is 2.42. The van der Waals surface area contributed by atoms with Crippen molar-refractivity contribution in [2.75, 3.05) is 7.05 Å². The molecule has 2 aliphatic rings. The number of amides is 1. The van der Waals surface area contributed by atoms with Crippen LogP contribution in [0.5, 0.6) is 0 Å². The molecule has 0 N–H and O–H groups in total. The second kappa shape index (κ2) is 6.24. The number of benzene rings is 2. The van der Waals surface area contributed by atoms with Crippen molar-refractivity contribution in [3.63, 3.8) is 0 Å². The van der Waals surface area contributed by atoms with Crippen LogP contribution in [0.4, 0.5) is 9.18 Å². The van der Waals surface area contributed by atoms with Crippen molar-refractivity contribution in [1.82, 2.24) is 4.90 Å². The van der Waals surface area contributed by atoms with Crippen molar-refractivity contribution in [3.8, 4) is 11.1 Å². The van der Waals surface area contributed by atoms with Gasteiger partial charge in [0, 0.05) is 18.2 Å². The molecule has 1 fully saturated rings. The van der Waals surface area contributed by atoms with Crippen LogP contribution in [0.2, 0.25) is 0 Å². The summed E-state index contributed by atoms with van der Waals surface area (Å²) in [6, 6.07) is 14.1. The van der Waals surface area contributed by atoms with Crippen molar-refractivity contribution >= 4 is 12.1 Å². The van der Waals surface area contributed by atoms with Crippen LogP contribution in [0.25, 0.3) is 11.1 Å². The molecule has 0 spiro atoms. The molecule has 0 heterocycles. The van der Waals surface area contributed by atoms with Crippen LogP contribution >= 0.6 is 0 Å². The molecule has 2 aliphatic carbocycles. The fraction of sp³-hybridized carbons (Fsp3) is 0.333. The van der Waals surface area contributed by atoms with Gasteiger partial charge in [0.15, 0.2) is 6.10 Å². The molecule has 1 amide bonds. The molecular formula is C21H20FNO3. The summed E-state index contributed by atoms with van der Waals surface area (Å²) in [6.07, 6.45) is 0.905. The van der Waals surface area contributed by atoms with Gasteiger partial charge in [0.2, 0.25) is 0 Å². The van der Waals surface area contributed by atoms with E-state index in [0.717, 1.165) is 40.0 Å². The van der Waals surface area contributed by atoms with E-state index >= 15 is 0 Å². The van der Waals surface area contributed by atoms with Gasteiger partial charge in [0.05, 0.1) is 0 Å². The summed E-state index contributed by atoms with van der Waals surface area (Å²) in [5.74, 6) is 0. The largest absolute Gasteiger partial charge is 0.436 e. The van der Waals surface area contributed by atoms with E-state index in [1.165, 1.54) is 7.05 Å². The number of carbonyl (C=O) groups excluding carboxylic acids is 2. The van der Waals surface area contributed by atoms with E-state index in [1.54, 1.807) is 0 Å². The van der Waals surface area contributed by atoms with Gasteiger partial charge in [0.25, 0.3) is 0 Å². The second-order valence-corrected chi connectivity index (χ2v) is 7.01. The Balaban J connectivity index is 1.65. The summed E-state index contributed by atoms with van der Waals surface area (Å²) in [7, 11) is 1.46. The van der Waals surface area contributed by atoms with E-state index in [2.05, 4.69) is 0 Å². The Morgan fingerprint density at radius 3 is 2.00 bits per heavy atom. The van der Waals surface area contributed by atoms with E-state index < -0.39 is 23.8 Å². The normalized spacial score (nSPS) is 17.5. The zero-order chi connectivity index (χ0) is 18.3. The molecule has 0 radical (unpaired) electrons. The number of likely N-dealkylation sites (N-methyl/N-ethyl adjacent to an activating group) is 1. The molecule has 134 valence electrons. The summed E-state index contributed by atoms with van der Waals surface area (Å²) in [4.78, 5) is 25.6. The second-order valence-electron chi connectivity index (χ2n) is 7.01. The minimum Gasteiger partial charge on any atom is -0.436 e. The first-order chi connectivity index (χ1) is 12.5. The number of hydrogen-bond acceptors (Lipinski definition) is 3. The van der Waals surface area contributed by atoms with Crippen molar-refractivity contribution in [2.45, 2.75) is 37.3 Å². The van der Waals surface area contributed by atoms with Crippen molar-refractivity contribution < 1.29 is 18.7 Å². The highest BCUT2D eigenvalue weighted by Gasteiger charge is 2.48.